The minimum atomic E-state index is -0.0139. The van der Waals surface area contributed by atoms with Gasteiger partial charge in [0.25, 0.3) is 0 Å². The van der Waals surface area contributed by atoms with Crippen LogP contribution in [0.4, 0.5) is 0 Å². The highest BCUT2D eigenvalue weighted by Crippen LogP contribution is 2.14. The standard InChI is InChI=1S/C27H56N2O2/c1-3-5-6-7-8-9-10-11-12-13-14-15-16-17-18-19-20-21-22-23-27(31)29-26(4-2)28-24-25-30/h26,28,30H,3-25H2,1-2H3,(H,29,31). The monoisotopic (exact) mass is 440 g/mol. The highest BCUT2D eigenvalue weighted by molar-refractivity contribution is 5.76. The van der Waals surface area contributed by atoms with Crippen LogP contribution in [0.25, 0.3) is 0 Å². The van der Waals surface area contributed by atoms with Crippen LogP contribution in [-0.4, -0.2) is 30.3 Å². The number of nitrogens with one attached hydrogen (secondary N) is 2. The lowest BCUT2D eigenvalue weighted by atomic mass is 10.0. The minimum absolute atomic E-state index is 0.0139. The first-order valence-corrected chi connectivity index (χ1v) is 13.9. The van der Waals surface area contributed by atoms with E-state index in [0.717, 1.165) is 19.3 Å². The molecule has 0 heterocycles. The summed E-state index contributed by atoms with van der Waals surface area (Å²) in [6.45, 7) is 4.95. The second-order valence-corrected chi connectivity index (χ2v) is 9.32. The molecule has 1 atom stereocenters. The Balaban J connectivity index is 3.22. The largest absolute Gasteiger partial charge is 0.395 e. The van der Waals surface area contributed by atoms with Crippen LogP contribution in [0, 0.1) is 0 Å². The molecule has 0 spiro atoms. The zero-order chi connectivity index (χ0) is 22.8. The van der Waals surface area contributed by atoms with E-state index in [-0.39, 0.29) is 18.7 Å². The Bertz CT molecular complexity index is 363. The van der Waals surface area contributed by atoms with E-state index >= 15 is 0 Å². The van der Waals surface area contributed by atoms with Crippen molar-refractivity contribution in [2.24, 2.45) is 0 Å². The van der Waals surface area contributed by atoms with Gasteiger partial charge >= 0.3 is 0 Å². The third-order valence-corrected chi connectivity index (χ3v) is 6.25. The molecule has 0 bridgehead atoms. The zero-order valence-corrected chi connectivity index (χ0v) is 21.2. The minimum Gasteiger partial charge on any atom is -0.395 e. The average Bonchev–Trinajstić information content (AvgIpc) is 2.78. The molecule has 0 saturated carbocycles. The van der Waals surface area contributed by atoms with Gasteiger partial charge < -0.3 is 10.4 Å². The summed E-state index contributed by atoms with van der Waals surface area (Å²) in [6.07, 6.45) is 27.5. The summed E-state index contributed by atoms with van der Waals surface area (Å²) < 4.78 is 0. The zero-order valence-electron chi connectivity index (χ0n) is 21.2. The molecule has 0 rings (SSSR count). The van der Waals surface area contributed by atoms with Gasteiger partial charge in [-0.05, 0) is 12.8 Å². The number of hydrogen-bond donors (Lipinski definition) is 3. The number of carbonyl (C=O) groups excluding carboxylic acids is 1. The van der Waals surface area contributed by atoms with Crippen molar-refractivity contribution in [3.05, 3.63) is 0 Å². The highest BCUT2D eigenvalue weighted by Gasteiger charge is 2.08. The molecular formula is C27H56N2O2. The first-order valence-electron chi connectivity index (χ1n) is 13.9. The second-order valence-electron chi connectivity index (χ2n) is 9.32. The van der Waals surface area contributed by atoms with Gasteiger partial charge in [-0.3, -0.25) is 10.1 Å². The van der Waals surface area contributed by atoms with Crippen molar-refractivity contribution in [1.82, 2.24) is 10.6 Å². The van der Waals surface area contributed by atoms with E-state index < -0.39 is 0 Å². The van der Waals surface area contributed by atoms with E-state index in [1.54, 1.807) is 0 Å². The SMILES string of the molecule is CCCCCCCCCCCCCCCCCCCCCC(=O)NC(CC)NCCO. The maximum atomic E-state index is 11.9. The summed E-state index contributed by atoms with van der Waals surface area (Å²) in [6, 6.07) is 0. The van der Waals surface area contributed by atoms with Crippen LogP contribution >= 0.6 is 0 Å². The quantitative estimate of drug-likeness (QED) is 0.103. The topological polar surface area (TPSA) is 61.4 Å². The van der Waals surface area contributed by atoms with Crippen molar-refractivity contribution in [1.29, 1.82) is 0 Å². The Labute approximate surface area is 194 Å². The lowest BCUT2D eigenvalue weighted by Crippen LogP contribution is -2.45. The van der Waals surface area contributed by atoms with Crippen LogP contribution < -0.4 is 10.6 Å². The number of carbonyl (C=O) groups is 1. The van der Waals surface area contributed by atoms with Gasteiger partial charge in [-0.25, -0.2) is 0 Å². The predicted molar refractivity (Wildman–Crippen MR) is 135 cm³/mol. The molecule has 0 fully saturated rings. The van der Waals surface area contributed by atoms with Crippen molar-refractivity contribution in [2.75, 3.05) is 13.2 Å². The molecule has 1 amide bonds. The van der Waals surface area contributed by atoms with Gasteiger partial charge in [-0.15, -0.1) is 0 Å². The molecule has 186 valence electrons. The molecular weight excluding hydrogens is 384 g/mol. The Kier molecular flexibility index (Phi) is 25.1. The van der Waals surface area contributed by atoms with Gasteiger partial charge in [0, 0.05) is 13.0 Å². The van der Waals surface area contributed by atoms with Crippen LogP contribution in [0.5, 0.6) is 0 Å². The van der Waals surface area contributed by atoms with Crippen LogP contribution in [0.2, 0.25) is 0 Å². The third-order valence-electron chi connectivity index (χ3n) is 6.25. The molecule has 0 aromatic heterocycles. The number of aliphatic hydroxyl groups is 1. The number of amides is 1. The van der Waals surface area contributed by atoms with Gasteiger partial charge in [0.15, 0.2) is 0 Å². The summed E-state index contributed by atoms with van der Waals surface area (Å²) in [5.74, 6) is 0.129. The smallest absolute Gasteiger partial charge is 0.221 e. The summed E-state index contributed by atoms with van der Waals surface area (Å²) >= 11 is 0. The number of hydrogen-bond acceptors (Lipinski definition) is 3. The predicted octanol–water partition coefficient (Wildman–Crippen LogP) is 7.24. The summed E-state index contributed by atoms with van der Waals surface area (Å²) in [4.78, 5) is 11.9. The second kappa shape index (κ2) is 25.6. The Morgan fingerprint density at radius 1 is 0.645 bits per heavy atom. The molecule has 0 radical (unpaired) electrons. The van der Waals surface area contributed by atoms with Crippen molar-refractivity contribution in [3.63, 3.8) is 0 Å². The Hall–Kier alpha value is -0.610. The van der Waals surface area contributed by atoms with Gasteiger partial charge in [0.1, 0.15) is 0 Å². The van der Waals surface area contributed by atoms with E-state index in [9.17, 15) is 4.79 Å². The lowest BCUT2D eigenvalue weighted by Gasteiger charge is -2.18. The molecule has 0 aliphatic carbocycles. The fourth-order valence-corrected chi connectivity index (χ4v) is 4.17. The average molecular weight is 441 g/mol. The van der Waals surface area contributed by atoms with Crippen LogP contribution in [0.1, 0.15) is 149 Å². The first kappa shape index (κ1) is 30.4. The molecule has 4 nitrogen and oxygen atoms in total. The van der Waals surface area contributed by atoms with Gasteiger partial charge in [-0.2, -0.15) is 0 Å². The van der Waals surface area contributed by atoms with Crippen molar-refractivity contribution < 1.29 is 9.90 Å². The van der Waals surface area contributed by atoms with Crippen LogP contribution in [0.3, 0.4) is 0 Å². The third kappa shape index (κ3) is 23.9. The van der Waals surface area contributed by atoms with E-state index in [1.165, 1.54) is 109 Å². The molecule has 3 N–H and O–H groups in total. The molecule has 0 aliphatic rings. The van der Waals surface area contributed by atoms with E-state index in [1.807, 2.05) is 6.92 Å². The van der Waals surface area contributed by atoms with E-state index in [2.05, 4.69) is 17.6 Å². The van der Waals surface area contributed by atoms with Gasteiger partial charge in [-0.1, -0.05) is 129 Å². The molecule has 1 unspecified atom stereocenters. The normalized spacial score (nSPS) is 12.2. The molecule has 4 heteroatoms. The van der Waals surface area contributed by atoms with E-state index in [0.29, 0.717) is 13.0 Å². The summed E-state index contributed by atoms with van der Waals surface area (Å²) in [5.41, 5.74) is 0. The fourth-order valence-electron chi connectivity index (χ4n) is 4.17. The molecule has 0 aromatic carbocycles. The summed E-state index contributed by atoms with van der Waals surface area (Å²) in [7, 11) is 0. The van der Waals surface area contributed by atoms with E-state index in [4.69, 9.17) is 5.11 Å². The number of aliphatic hydroxyl groups excluding tert-OH is 1. The highest BCUT2D eigenvalue weighted by atomic mass is 16.3. The molecule has 0 aliphatic heterocycles. The van der Waals surface area contributed by atoms with Crippen LogP contribution in [0.15, 0.2) is 0 Å². The van der Waals surface area contributed by atoms with Crippen molar-refractivity contribution in [3.8, 4) is 0 Å². The molecule has 31 heavy (non-hydrogen) atoms. The first-order chi connectivity index (χ1) is 15.2. The fraction of sp³-hybridized carbons (Fsp3) is 0.963. The van der Waals surface area contributed by atoms with Crippen molar-refractivity contribution >= 4 is 5.91 Å². The van der Waals surface area contributed by atoms with Crippen molar-refractivity contribution in [2.45, 2.75) is 155 Å². The Morgan fingerprint density at radius 2 is 1.03 bits per heavy atom. The maximum Gasteiger partial charge on any atom is 0.221 e. The number of rotatable bonds is 25. The van der Waals surface area contributed by atoms with Gasteiger partial charge in [0.2, 0.25) is 5.91 Å². The molecule has 0 aromatic rings. The number of unbranched alkanes of at least 4 members (excludes halogenated alkanes) is 18. The molecule has 0 saturated heterocycles. The van der Waals surface area contributed by atoms with Gasteiger partial charge in [0.05, 0.1) is 12.8 Å². The lowest BCUT2D eigenvalue weighted by molar-refractivity contribution is -0.122. The summed E-state index contributed by atoms with van der Waals surface area (Å²) in [5, 5.41) is 15.0. The van der Waals surface area contributed by atoms with Crippen LogP contribution in [-0.2, 0) is 4.79 Å². The maximum absolute atomic E-state index is 11.9. The Morgan fingerprint density at radius 3 is 1.39 bits per heavy atom.